The molecule has 6 heteroatoms. The first-order valence-corrected chi connectivity index (χ1v) is 16.7. The molecule has 0 saturated carbocycles. The summed E-state index contributed by atoms with van der Waals surface area (Å²) in [6.07, 6.45) is 5.65. The third-order valence-corrected chi connectivity index (χ3v) is 14.6. The summed E-state index contributed by atoms with van der Waals surface area (Å²) < 4.78 is 5.47. The number of benzene rings is 3. The number of allylic oxidation sites excluding steroid dienone is 1. The summed E-state index contributed by atoms with van der Waals surface area (Å²) in [7, 11) is 8.59. The van der Waals surface area contributed by atoms with Crippen LogP contribution in [0, 0.1) is 0 Å². The molecule has 2 aliphatic rings. The number of aryl methyl sites for hydroxylation is 1. The Labute approximate surface area is 214 Å². The van der Waals surface area contributed by atoms with E-state index in [1.54, 1.807) is 0 Å². The summed E-state index contributed by atoms with van der Waals surface area (Å²) in [5.41, 5.74) is 9.76. The zero-order valence-corrected chi connectivity index (χ0v) is 23.1. The van der Waals surface area contributed by atoms with Crippen molar-refractivity contribution < 1.29 is 44.5 Å². The molecule has 0 radical (unpaired) electrons. The predicted octanol–water partition coefficient (Wildman–Crippen LogP) is 0.644. The molecule has 1 nitrogen and oxygen atoms in total. The van der Waals surface area contributed by atoms with E-state index in [4.69, 9.17) is 8.86 Å². The molecule has 0 aliphatic heterocycles. The fraction of sp³-hybridized carbons (Fsp3) is 0.120. The summed E-state index contributed by atoms with van der Waals surface area (Å²) >= 11 is 1.29. The number of aromatic nitrogens is 1. The Balaban J connectivity index is 0.00000116. The standard InChI is InChI=1S/C16H11BrN.C9H7.2ClH.S.Zr/c1-18-15-5-3-2-4-13(15)14-9-10-8-11(17)6-7-12(10)16(14)18;1-2-5-9-7-3-6-8(9)4-1;;;;/h2-3,5-8H,9H2,1H3;1-7H;2*1H;;/q;;;;;+2/p-2. The van der Waals surface area contributed by atoms with E-state index in [1.165, 1.54) is 47.7 Å². The molecule has 0 amide bonds. The molecule has 0 N–H and O–H groups in total. The Kier molecular flexibility index (Phi) is 6.61. The van der Waals surface area contributed by atoms with Gasteiger partial charge in [-0.25, -0.2) is 0 Å². The Hall–Kier alpha value is -0.897. The van der Waals surface area contributed by atoms with Crippen LogP contribution in [0.5, 0.6) is 0 Å². The summed E-state index contributed by atoms with van der Waals surface area (Å²) in [6, 6.07) is 22.3. The summed E-state index contributed by atoms with van der Waals surface area (Å²) in [6.45, 7) is 0. The van der Waals surface area contributed by atoms with Gasteiger partial charge in [0, 0.05) is 0 Å². The smallest absolute Gasteiger partial charge is 1.00 e. The molecule has 0 bridgehead atoms. The first-order valence-electron chi connectivity index (χ1n) is 9.84. The van der Waals surface area contributed by atoms with Crippen molar-refractivity contribution in [2.75, 3.05) is 0 Å². The van der Waals surface area contributed by atoms with Crippen LogP contribution in [0.25, 0.3) is 28.2 Å². The van der Waals surface area contributed by atoms with Gasteiger partial charge in [0.1, 0.15) is 0 Å². The van der Waals surface area contributed by atoms with Crippen LogP contribution in [-0.4, -0.2) is 4.57 Å². The average Bonchev–Trinajstić information content (AvgIpc) is 3.40. The molecule has 1 atom stereocenters. The zero-order valence-electron chi connectivity index (χ0n) is 16.7. The predicted molar refractivity (Wildman–Crippen MR) is 124 cm³/mol. The molecule has 0 saturated heterocycles. The van der Waals surface area contributed by atoms with Crippen LogP contribution >= 0.6 is 24.8 Å². The molecule has 0 spiro atoms. The molecule has 3 aromatic carbocycles. The SMILES string of the molecule is Cn1c2c(c3[c]([Zr+2](=[S])[CH]4C=Cc5ccccc54)cccc31)Cc1cc(Br)ccc1-2.[Cl-].[Cl-]. The van der Waals surface area contributed by atoms with Gasteiger partial charge in [0.05, 0.1) is 0 Å². The van der Waals surface area contributed by atoms with Crippen molar-refractivity contribution in [3.8, 4) is 11.3 Å². The Morgan fingerprint density at radius 2 is 1.84 bits per heavy atom. The number of rotatable bonds is 2. The van der Waals surface area contributed by atoms with Crippen LogP contribution in [0.4, 0.5) is 0 Å². The molecule has 1 unspecified atom stereocenters. The number of fused-ring (bicyclic) bond motifs is 6. The van der Waals surface area contributed by atoms with Gasteiger partial charge in [-0.3, -0.25) is 0 Å². The monoisotopic (exact) mass is 603 g/mol. The van der Waals surface area contributed by atoms with E-state index < -0.39 is 19.7 Å². The third-order valence-electron chi connectivity index (χ3n) is 6.36. The maximum Gasteiger partial charge on any atom is -1.00 e. The molecule has 31 heavy (non-hydrogen) atoms. The minimum Gasteiger partial charge on any atom is -1.00 e. The Morgan fingerprint density at radius 3 is 2.68 bits per heavy atom. The first-order chi connectivity index (χ1) is 14.1. The van der Waals surface area contributed by atoms with Crippen LogP contribution in [0.1, 0.15) is 25.9 Å². The second kappa shape index (κ2) is 8.80. The van der Waals surface area contributed by atoms with E-state index >= 15 is 0 Å². The average molecular weight is 607 g/mol. The van der Waals surface area contributed by atoms with E-state index in [-0.39, 0.29) is 24.8 Å². The van der Waals surface area contributed by atoms with Gasteiger partial charge in [0.2, 0.25) is 0 Å². The number of hydrogen-bond acceptors (Lipinski definition) is 1. The normalized spacial score (nSPS) is 14.8. The minimum atomic E-state index is -2.35. The molecule has 1 aromatic heterocycles. The molecular weight excluding hydrogens is 588 g/mol. The number of hydrogen-bond donors (Lipinski definition) is 0. The zero-order chi connectivity index (χ0) is 19.7. The fourth-order valence-corrected chi connectivity index (χ4v) is 12.5. The first kappa shape index (κ1) is 23.3. The molecule has 2 aliphatic carbocycles. The van der Waals surface area contributed by atoms with Gasteiger partial charge < -0.3 is 24.8 Å². The van der Waals surface area contributed by atoms with Gasteiger partial charge in [-0.15, -0.1) is 0 Å². The van der Waals surface area contributed by atoms with Crippen molar-refractivity contribution in [1.29, 1.82) is 0 Å². The fourth-order valence-electron chi connectivity index (χ4n) is 5.07. The number of nitrogens with zero attached hydrogens (tertiary/aromatic N) is 1. The van der Waals surface area contributed by atoms with Crippen molar-refractivity contribution >= 4 is 45.0 Å². The van der Waals surface area contributed by atoms with Crippen LogP contribution in [0.2, 0.25) is 0 Å². The van der Waals surface area contributed by atoms with Crippen molar-refractivity contribution in [1.82, 2.24) is 4.57 Å². The van der Waals surface area contributed by atoms with E-state index in [0.29, 0.717) is 3.63 Å². The third kappa shape index (κ3) is 3.50. The van der Waals surface area contributed by atoms with Gasteiger partial charge >= 0.3 is 191 Å². The van der Waals surface area contributed by atoms with Crippen LogP contribution < -0.4 is 28.1 Å². The van der Waals surface area contributed by atoms with Crippen molar-refractivity contribution in [2.45, 2.75) is 10.0 Å². The topological polar surface area (TPSA) is 4.93 Å². The Bertz CT molecular complexity index is 1390. The molecule has 6 rings (SSSR count). The van der Waals surface area contributed by atoms with E-state index in [1.807, 2.05) is 0 Å². The van der Waals surface area contributed by atoms with Crippen molar-refractivity contribution in [3.05, 3.63) is 93.5 Å². The maximum absolute atomic E-state index is 6.38. The van der Waals surface area contributed by atoms with Gasteiger partial charge in [-0.1, -0.05) is 0 Å². The molecular formula is C25H18BrCl2NSZr. The Morgan fingerprint density at radius 1 is 1.03 bits per heavy atom. The quantitative estimate of drug-likeness (QED) is 0.286. The second-order valence-corrected chi connectivity index (χ2v) is 16.1. The van der Waals surface area contributed by atoms with Crippen LogP contribution in [-0.2, 0) is 33.2 Å². The molecule has 154 valence electrons. The summed E-state index contributed by atoms with van der Waals surface area (Å²) in [5.74, 6) is 0. The van der Waals surface area contributed by atoms with Gasteiger partial charge in [0.25, 0.3) is 0 Å². The summed E-state index contributed by atoms with van der Waals surface area (Å²) in [4.78, 5) is 0. The van der Waals surface area contributed by atoms with Crippen molar-refractivity contribution in [2.24, 2.45) is 7.05 Å². The van der Waals surface area contributed by atoms with E-state index in [9.17, 15) is 0 Å². The number of halogens is 3. The molecule has 1 heterocycles. The van der Waals surface area contributed by atoms with Crippen LogP contribution in [0.3, 0.4) is 0 Å². The van der Waals surface area contributed by atoms with Gasteiger partial charge in [-0.05, 0) is 0 Å². The molecule has 4 aromatic rings. The molecule has 0 fully saturated rings. The van der Waals surface area contributed by atoms with Crippen molar-refractivity contribution in [3.63, 3.8) is 0 Å². The summed E-state index contributed by atoms with van der Waals surface area (Å²) in [5, 5.41) is 1.44. The minimum absolute atomic E-state index is 0. The van der Waals surface area contributed by atoms with Gasteiger partial charge in [0.15, 0.2) is 0 Å². The van der Waals surface area contributed by atoms with Crippen LogP contribution in [0.15, 0.2) is 71.2 Å². The largest absolute Gasteiger partial charge is 1.00 e. The second-order valence-electron chi connectivity index (χ2n) is 7.89. The van der Waals surface area contributed by atoms with E-state index in [2.05, 4.69) is 100 Å². The van der Waals surface area contributed by atoms with Gasteiger partial charge in [-0.2, -0.15) is 0 Å². The maximum atomic E-state index is 6.38. The van der Waals surface area contributed by atoms with E-state index in [0.717, 1.165) is 10.9 Å².